The van der Waals surface area contributed by atoms with Crippen molar-refractivity contribution in [2.45, 2.75) is 69.4 Å². The molecular weight excluding hydrogens is 258 g/mol. The average Bonchev–Trinajstić information content (AvgIpc) is 2.78. The first-order chi connectivity index (χ1) is 9.60. The van der Waals surface area contributed by atoms with E-state index in [1.54, 1.807) is 0 Å². The standard InChI is InChI=1S/C15H29NO4/c1-12-15(18,7-8-19-12)11-16-9-13(17)10-20-14-5-3-2-4-6-14/h12-14,16-18H,2-11H2,1H3. The highest BCUT2D eigenvalue weighted by Crippen LogP contribution is 2.24. The Morgan fingerprint density at radius 1 is 1.35 bits per heavy atom. The lowest BCUT2D eigenvalue weighted by Crippen LogP contribution is -2.47. The van der Waals surface area contributed by atoms with Crippen molar-refractivity contribution >= 4 is 0 Å². The zero-order valence-corrected chi connectivity index (χ0v) is 12.5. The smallest absolute Gasteiger partial charge is 0.105 e. The van der Waals surface area contributed by atoms with Crippen molar-refractivity contribution in [3.8, 4) is 0 Å². The summed E-state index contributed by atoms with van der Waals surface area (Å²) in [4.78, 5) is 0. The Bertz CT molecular complexity index is 283. The van der Waals surface area contributed by atoms with Gasteiger partial charge < -0.3 is 25.0 Å². The predicted octanol–water partition coefficient (Wildman–Crippen LogP) is 0.826. The summed E-state index contributed by atoms with van der Waals surface area (Å²) in [7, 11) is 0. The van der Waals surface area contributed by atoms with Crippen molar-refractivity contribution in [1.29, 1.82) is 0 Å². The summed E-state index contributed by atoms with van der Waals surface area (Å²) in [5.41, 5.74) is -0.802. The van der Waals surface area contributed by atoms with E-state index in [9.17, 15) is 10.2 Å². The zero-order valence-electron chi connectivity index (χ0n) is 12.5. The summed E-state index contributed by atoms with van der Waals surface area (Å²) in [5.74, 6) is 0. The fraction of sp³-hybridized carbons (Fsp3) is 1.00. The van der Waals surface area contributed by atoms with Crippen LogP contribution in [0.3, 0.4) is 0 Å². The highest BCUT2D eigenvalue weighted by molar-refractivity contribution is 4.91. The van der Waals surface area contributed by atoms with Gasteiger partial charge in [-0.2, -0.15) is 0 Å². The molecule has 2 rings (SSSR count). The summed E-state index contributed by atoms with van der Waals surface area (Å²) < 4.78 is 11.1. The summed E-state index contributed by atoms with van der Waals surface area (Å²) in [5, 5.41) is 23.3. The van der Waals surface area contributed by atoms with Gasteiger partial charge in [-0.25, -0.2) is 0 Å². The van der Waals surface area contributed by atoms with E-state index in [-0.39, 0.29) is 6.10 Å². The Balaban J connectivity index is 1.56. The van der Waals surface area contributed by atoms with Gasteiger partial charge >= 0.3 is 0 Å². The van der Waals surface area contributed by atoms with Gasteiger partial charge in [-0.1, -0.05) is 19.3 Å². The summed E-state index contributed by atoms with van der Waals surface area (Å²) in [6, 6.07) is 0. The summed E-state index contributed by atoms with van der Waals surface area (Å²) in [6.45, 7) is 3.77. The molecule has 2 fully saturated rings. The van der Waals surface area contributed by atoms with Crippen LogP contribution >= 0.6 is 0 Å². The monoisotopic (exact) mass is 287 g/mol. The number of hydrogen-bond acceptors (Lipinski definition) is 5. The molecule has 0 aromatic rings. The zero-order chi connectivity index (χ0) is 14.4. The van der Waals surface area contributed by atoms with Crippen LogP contribution in [-0.2, 0) is 9.47 Å². The molecule has 1 heterocycles. The third-order valence-electron chi connectivity index (χ3n) is 4.55. The van der Waals surface area contributed by atoms with Gasteiger partial charge in [-0.3, -0.25) is 0 Å². The van der Waals surface area contributed by atoms with Crippen molar-refractivity contribution in [3.63, 3.8) is 0 Å². The molecular formula is C15H29NO4. The molecule has 3 N–H and O–H groups in total. The number of hydrogen-bond donors (Lipinski definition) is 3. The molecule has 0 bridgehead atoms. The van der Waals surface area contributed by atoms with E-state index >= 15 is 0 Å². The average molecular weight is 287 g/mol. The normalized spacial score (nSPS) is 33.5. The van der Waals surface area contributed by atoms with Crippen molar-refractivity contribution < 1.29 is 19.7 Å². The van der Waals surface area contributed by atoms with E-state index in [0.29, 0.717) is 38.8 Å². The Hall–Kier alpha value is -0.200. The van der Waals surface area contributed by atoms with Gasteiger partial charge in [0.05, 0.1) is 24.9 Å². The predicted molar refractivity (Wildman–Crippen MR) is 76.7 cm³/mol. The van der Waals surface area contributed by atoms with Crippen LogP contribution in [0.1, 0.15) is 45.4 Å². The number of rotatable bonds is 7. The molecule has 2 aliphatic rings. The van der Waals surface area contributed by atoms with Crippen LogP contribution in [0.25, 0.3) is 0 Å². The second kappa shape index (κ2) is 7.71. The van der Waals surface area contributed by atoms with Gasteiger partial charge in [0, 0.05) is 26.1 Å². The lowest BCUT2D eigenvalue weighted by molar-refractivity contribution is -0.0366. The number of aliphatic hydroxyl groups excluding tert-OH is 1. The first-order valence-corrected chi connectivity index (χ1v) is 7.94. The van der Waals surface area contributed by atoms with Gasteiger partial charge in [0.15, 0.2) is 0 Å². The van der Waals surface area contributed by atoms with Gasteiger partial charge in [0.2, 0.25) is 0 Å². The topological polar surface area (TPSA) is 71.0 Å². The minimum Gasteiger partial charge on any atom is -0.389 e. The van der Waals surface area contributed by atoms with E-state index in [1.165, 1.54) is 19.3 Å². The third-order valence-corrected chi connectivity index (χ3v) is 4.55. The van der Waals surface area contributed by atoms with E-state index in [0.717, 1.165) is 12.8 Å². The Morgan fingerprint density at radius 3 is 2.75 bits per heavy atom. The minimum atomic E-state index is -0.802. The van der Waals surface area contributed by atoms with Crippen LogP contribution in [-0.4, -0.2) is 60.4 Å². The van der Waals surface area contributed by atoms with Crippen molar-refractivity contribution in [1.82, 2.24) is 5.32 Å². The van der Waals surface area contributed by atoms with Gasteiger partial charge in [-0.05, 0) is 19.8 Å². The molecule has 1 aliphatic carbocycles. The maximum absolute atomic E-state index is 10.3. The van der Waals surface area contributed by atoms with E-state index < -0.39 is 11.7 Å². The molecule has 20 heavy (non-hydrogen) atoms. The molecule has 5 heteroatoms. The van der Waals surface area contributed by atoms with Crippen LogP contribution in [0.15, 0.2) is 0 Å². The molecule has 0 spiro atoms. The second-order valence-electron chi connectivity index (χ2n) is 6.24. The van der Waals surface area contributed by atoms with Crippen molar-refractivity contribution in [3.05, 3.63) is 0 Å². The van der Waals surface area contributed by atoms with Crippen LogP contribution in [0.5, 0.6) is 0 Å². The first kappa shape index (κ1) is 16.2. The molecule has 3 unspecified atom stereocenters. The largest absolute Gasteiger partial charge is 0.389 e. The Morgan fingerprint density at radius 2 is 2.10 bits per heavy atom. The molecule has 1 saturated heterocycles. The molecule has 0 aromatic heterocycles. The lowest BCUT2D eigenvalue weighted by Gasteiger charge is -2.27. The van der Waals surface area contributed by atoms with Gasteiger partial charge in [0.1, 0.15) is 5.60 Å². The fourth-order valence-corrected chi connectivity index (χ4v) is 3.00. The van der Waals surface area contributed by atoms with Crippen LogP contribution < -0.4 is 5.32 Å². The number of aliphatic hydroxyl groups is 2. The van der Waals surface area contributed by atoms with Crippen LogP contribution in [0, 0.1) is 0 Å². The maximum atomic E-state index is 10.3. The highest BCUT2D eigenvalue weighted by Gasteiger charge is 2.39. The molecule has 0 amide bonds. The lowest BCUT2D eigenvalue weighted by atomic mass is 9.97. The van der Waals surface area contributed by atoms with Crippen LogP contribution in [0.4, 0.5) is 0 Å². The van der Waals surface area contributed by atoms with E-state index in [2.05, 4.69) is 5.32 Å². The van der Waals surface area contributed by atoms with Gasteiger partial charge in [0.25, 0.3) is 0 Å². The number of ether oxygens (including phenoxy) is 2. The quantitative estimate of drug-likeness (QED) is 0.647. The van der Waals surface area contributed by atoms with Crippen molar-refractivity contribution in [2.24, 2.45) is 0 Å². The van der Waals surface area contributed by atoms with Gasteiger partial charge in [-0.15, -0.1) is 0 Å². The summed E-state index contributed by atoms with van der Waals surface area (Å²) in [6.07, 6.45) is 6.34. The first-order valence-electron chi connectivity index (χ1n) is 7.94. The van der Waals surface area contributed by atoms with Crippen molar-refractivity contribution in [2.75, 3.05) is 26.3 Å². The van der Waals surface area contributed by atoms with E-state index in [1.807, 2.05) is 6.92 Å². The van der Waals surface area contributed by atoms with E-state index in [4.69, 9.17) is 9.47 Å². The molecule has 0 radical (unpaired) electrons. The molecule has 1 saturated carbocycles. The molecule has 1 aliphatic heterocycles. The molecule has 118 valence electrons. The third kappa shape index (κ3) is 4.67. The second-order valence-corrected chi connectivity index (χ2v) is 6.24. The minimum absolute atomic E-state index is 0.148. The van der Waals surface area contributed by atoms with Crippen LogP contribution in [0.2, 0.25) is 0 Å². The summed E-state index contributed by atoms with van der Waals surface area (Å²) >= 11 is 0. The molecule has 3 atom stereocenters. The molecule has 5 nitrogen and oxygen atoms in total. The number of nitrogens with one attached hydrogen (secondary N) is 1. The Labute approximate surface area is 121 Å². The maximum Gasteiger partial charge on any atom is 0.105 e. The SMILES string of the molecule is CC1OCCC1(O)CNCC(O)COC1CCCCC1. The fourth-order valence-electron chi connectivity index (χ4n) is 3.00. The molecule has 0 aromatic carbocycles. The Kier molecular flexibility index (Phi) is 6.23. The highest BCUT2D eigenvalue weighted by atomic mass is 16.5.